The van der Waals surface area contributed by atoms with Gasteiger partial charge in [-0.1, -0.05) is 24.3 Å². The Bertz CT molecular complexity index is 631. The summed E-state index contributed by atoms with van der Waals surface area (Å²) < 4.78 is 26.9. The number of carbonyl (C=O) groups is 1. The first-order valence-corrected chi connectivity index (χ1v) is 6.02. The van der Waals surface area contributed by atoms with Crippen molar-refractivity contribution in [2.75, 3.05) is 5.32 Å². The van der Waals surface area contributed by atoms with E-state index in [4.69, 9.17) is 5.73 Å². The second-order valence-electron chi connectivity index (χ2n) is 4.60. The van der Waals surface area contributed by atoms with Crippen molar-refractivity contribution in [3.8, 4) is 0 Å². The van der Waals surface area contributed by atoms with E-state index in [1.54, 1.807) is 24.3 Å². The minimum absolute atomic E-state index is 0.00440. The van der Waals surface area contributed by atoms with Crippen LogP contribution in [-0.4, -0.2) is 5.91 Å². The second kappa shape index (κ2) is 5.28. The number of primary amides is 1. The lowest BCUT2D eigenvalue weighted by atomic mass is 9.90. The fraction of sp³-hybridized carbons (Fsp3) is 0.133. The van der Waals surface area contributed by atoms with E-state index in [1.807, 2.05) is 6.07 Å². The Balaban J connectivity index is 2.47. The highest BCUT2D eigenvalue weighted by Gasteiger charge is 2.35. The van der Waals surface area contributed by atoms with Crippen molar-refractivity contribution in [3.05, 3.63) is 65.7 Å². The molecule has 0 fully saturated rings. The number of para-hydroxylation sites is 1. The molecular formula is C15H14F2N2O. The van der Waals surface area contributed by atoms with Crippen molar-refractivity contribution in [3.63, 3.8) is 0 Å². The summed E-state index contributed by atoms with van der Waals surface area (Å²) in [7, 11) is 0. The zero-order chi connectivity index (χ0) is 14.8. The van der Waals surface area contributed by atoms with Crippen LogP contribution < -0.4 is 11.1 Å². The van der Waals surface area contributed by atoms with Gasteiger partial charge in [0.25, 0.3) is 0 Å². The standard InChI is InChI=1S/C15H14F2N2O/c1-15(14(18)20,19-11-5-3-2-4-6-11)12-8-7-10(16)9-13(12)17/h2-9,19H,1H3,(H2,18,20). The third kappa shape index (κ3) is 2.61. The molecule has 0 aliphatic heterocycles. The summed E-state index contributed by atoms with van der Waals surface area (Å²) in [5.41, 5.74) is 4.53. The first-order chi connectivity index (χ1) is 9.43. The minimum atomic E-state index is -1.47. The summed E-state index contributed by atoms with van der Waals surface area (Å²) in [5, 5.41) is 2.89. The Morgan fingerprint density at radius 1 is 1.15 bits per heavy atom. The SMILES string of the molecule is CC(Nc1ccccc1)(C(N)=O)c1ccc(F)cc1F. The molecule has 0 bridgehead atoms. The van der Waals surface area contributed by atoms with Crippen LogP contribution in [0.1, 0.15) is 12.5 Å². The van der Waals surface area contributed by atoms with Crippen LogP contribution in [0.15, 0.2) is 48.5 Å². The van der Waals surface area contributed by atoms with Crippen LogP contribution in [0, 0.1) is 11.6 Å². The lowest BCUT2D eigenvalue weighted by Gasteiger charge is -2.29. The molecule has 3 N–H and O–H groups in total. The smallest absolute Gasteiger partial charge is 0.247 e. The van der Waals surface area contributed by atoms with Gasteiger partial charge in [-0.05, 0) is 25.1 Å². The highest BCUT2D eigenvalue weighted by Crippen LogP contribution is 2.28. The molecule has 0 aliphatic carbocycles. The van der Waals surface area contributed by atoms with Gasteiger partial charge in [-0.2, -0.15) is 0 Å². The number of hydrogen-bond donors (Lipinski definition) is 2. The molecule has 0 spiro atoms. The number of benzene rings is 2. The molecule has 5 heteroatoms. The molecule has 3 nitrogen and oxygen atoms in total. The van der Waals surface area contributed by atoms with Gasteiger partial charge in [0.15, 0.2) is 0 Å². The molecule has 1 unspecified atom stereocenters. The molecule has 2 aromatic carbocycles. The molecule has 0 aromatic heterocycles. The summed E-state index contributed by atoms with van der Waals surface area (Å²) in [4.78, 5) is 11.8. The van der Waals surface area contributed by atoms with Crippen LogP contribution in [0.25, 0.3) is 0 Å². The summed E-state index contributed by atoms with van der Waals surface area (Å²) in [6, 6.07) is 11.8. The van der Waals surface area contributed by atoms with E-state index in [9.17, 15) is 13.6 Å². The van der Waals surface area contributed by atoms with Crippen LogP contribution in [0.4, 0.5) is 14.5 Å². The zero-order valence-corrected chi connectivity index (χ0v) is 10.9. The van der Waals surface area contributed by atoms with Gasteiger partial charge in [0, 0.05) is 17.3 Å². The van der Waals surface area contributed by atoms with Crippen LogP contribution >= 0.6 is 0 Å². The van der Waals surface area contributed by atoms with Gasteiger partial charge in [0.05, 0.1) is 0 Å². The number of nitrogens with two attached hydrogens (primary N) is 1. The van der Waals surface area contributed by atoms with Crippen molar-refractivity contribution in [1.29, 1.82) is 0 Å². The normalized spacial score (nSPS) is 13.6. The first-order valence-electron chi connectivity index (χ1n) is 6.02. The fourth-order valence-electron chi connectivity index (χ4n) is 1.97. The minimum Gasteiger partial charge on any atom is -0.368 e. The number of nitrogens with one attached hydrogen (secondary N) is 1. The molecule has 0 aliphatic rings. The predicted molar refractivity (Wildman–Crippen MR) is 73.0 cm³/mol. The van der Waals surface area contributed by atoms with Crippen molar-refractivity contribution < 1.29 is 13.6 Å². The Hall–Kier alpha value is -2.43. The summed E-state index contributed by atoms with van der Waals surface area (Å²) >= 11 is 0. The van der Waals surface area contributed by atoms with Crippen LogP contribution in [0.2, 0.25) is 0 Å². The number of rotatable bonds is 4. The highest BCUT2D eigenvalue weighted by molar-refractivity contribution is 5.89. The van der Waals surface area contributed by atoms with Crippen molar-refractivity contribution in [2.24, 2.45) is 5.73 Å². The third-order valence-electron chi connectivity index (χ3n) is 3.13. The Morgan fingerprint density at radius 3 is 2.35 bits per heavy atom. The molecule has 0 heterocycles. The largest absolute Gasteiger partial charge is 0.368 e. The number of amides is 1. The summed E-state index contributed by atoms with van der Waals surface area (Å²) in [6.07, 6.45) is 0. The number of halogens is 2. The van der Waals surface area contributed by atoms with E-state index in [0.717, 1.165) is 12.1 Å². The van der Waals surface area contributed by atoms with Gasteiger partial charge in [-0.25, -0.2) is 8.78 Å². The fourth-order valence-corrected chi connectivity index (χ4v) is 1.97. The van der Waals surface area contributed by atoms with E-state index in [1.165, 1.54) is 13.0 Å². The van der Waals surface area contributed by atoms with Gasteiger partial charge in [0.1, 0.15) is 17.2 Å². The van der Waals surface area contributed by atoms with Gasteiger partial charge in [-0.3, -0.25) is 4.79 Å². The number of carbonyl (C=O) groups excluding carboxylic acids is 1. The third-order valence-corrected chi connectivity index (χ3v) is 3.13. The highest BCUT2D eigenvalue weighted by atomic mass is 19.1. The van der Waals surface area contributed by atoms with Crippen molar-refractivity contribution in [2.45, 2.75) is 12.5 Å². The predicted octanol–water partition coefficient (Wildman–Crippen LogP) is 2.78. The maximum absolute atomic E-state index is 13.9. The zero-order valence-electron chi connectivity index (χ0n) is 10.9. The first kappa shape index (κ1) is 14.0. The molecule has 0 radical (unpaired) electrons. The molecule has 0 saturated heterocycles. The number of hydrogen-bond acceptors (Lipinski definition) is 2. The molecule has 1 atom stereocenters. The lowest BCUT2D eigenvalue weighted by molar-refractivity contribution is -0.122. The van der Waals surface area contributed by atoms with Crippen LogP contribution in [0.3, 0.4) is 0 Å². The molecule has 20 heavy (non-hydrogen) atoms. The molecule has 104 valence electrons. The monoisotopic (exact) mass is 276 g/mol. The van der Waals surface area contributed by atoms with Gasteiger partial charge in [0.2, 0.25) is 5.91 Å². The molecule has 2 rings (SSSR count). The molecular weight excluding hydrogens is 262 g/mol. The van der Waals surface area contributed by atoms with E-state index in [0.29, 0.717) is 5.69 Å². The lowest BCUT2D eigenvalue weighted by Crippen LogP contribution is -2.45. The van der Waals surface area contributed by atoms with E-state index in [-0.39, 0.29) is 5.56 Å². The van der Waals surface area contributed by atoms with Crippen LogP contribution in [-0.2, 0) is 10.3 Å². The summed E-state index contributed by atoms with van der Waals surface area (Å²) in [5.74, 6) is -2.29. The Morgan fingerprint density at radius 2 is 1.80 bits per heavy atom. The Kier molecular flexibility index (Phi) is 3.70. The van der Waals surface area contributed by atoms with Crippen molar-refractivity contribution in [1.82, 2.24) is 0 Å². The van der Waals surface area contributed by atoms with Crippen LogP contribution in [0.5, 0.6) is 0 Å². The average molecular weight is 276 g/mol. The second-order valence-corrected chi connectivity index (χ2v) is 4.60. The van der Waals surface area contributed by atoms with Gasteiger partial charge < -0.3 is 11.1 Å². The molecule has 2 aromatic rings. The Labute approximate surface area is 115 Å². The van der Waals surface area contributed by atoms with Crippen molar-refractivity contribution >= 4 is 11.6 Å². The summed E-state index contributed by atoms with van der Waals surface area (Å²) in [6.45, 7) is 1.46. The molecule has 0 saturated carbocycles. The van der Waals surface area contributed by atoms with E-state index < -0.39 is 23.1 Å². The number of anilines is 1. The maximum atomic E-state index is 13.9. The maximum Gasteiger partial charge on any atom is 0.247 e. The quantitative estimate of drug-likeness (QED) is 0.902. The topological polar surface area (TPSA) is 55.1 Å². The van der Waals surface area contributed by atoms with Gasteiger partial charge in [-0.15, -0.1) is 0 Å². The molecule has 1 amide bonds. The van der Waals surface area contributed by atoms with Gasteiger partial charge >= 0.3 is 0 Å². The van der Waals surface area contributed by atoms with E-state index in [2.05, 4.69) is 5.32 Å². The average Bonchev–Trinajstić information content (AvgIpc) is 2.39. The van der Waals surface area contributed by atoms with E-state index >= 15 is 0 Å².